The third-order valence-corrected chi connectivity index (χ3v) is 1.70. The van der Waals surface area contributed by atoms with Gasteiger partial charge in [0.05, 0.1) is 0 Å². The Balaban J connectivity index is 2.75. The van der Waals surface area contributed by atoms with Crippen LogP contribution in [-0.4, -0.2) is 12.4 Å². The van der Waals surface area contributed by atoms with Gasteiger partial charge in [0.25, 0.3) is 0 Å². The average Bonchev–Trinajstić information content (AvgIpc) is 2.19. The fourth-order valence-corrected chi connectivity index (χ4v) is 0.970. The number of benzene rings is 1. The van der Waals surface area contributed by atoms with Crippen molar-refractivity contribution in [2.75, 3.05) is 6.54 Å². The van der Waals surface area contributed by atoms with Gasteiger partial charge in [0, 0.05) is 24.1 Å². The molecule has 0 fully saturated rings. The molecule has 0 saturated carbocycles. The first-order valence-electron chi connectivity index (χ1n) is 4.37. The maximum atomic E-state index is 7.20. The van der Waals surface area contributed by atoms with Gasteiger partial charge in [0.15, 0.2) is 0 Å². The first kappa shape index (κ1) is 10.3. The van der Waals surface area contributed by atoms with Gasteiger partial charge in [-0.2, -0.15) is 0 Å². The molecule has 0 spiro atoms. The number of nitrogens with one attached hydrogen (secondary N) is 1. The van der Waals surface area contributed by atoms with Gasteiger partial charge in [-0.05, 0) is 12.1 Å². The summed E-state index contributed by atoms with van der Waals surface area (Å²) >= 11 is 0. The Bertz CT molecular complexity index is 368. The van der Waals surface area contributed by atoms with Crippen LogP contribution in [0.3, 0.4) is 0 Å². The van der Waals surface area contributed by atoms with Gasteiger partial charge < -0.3 is 11.5 Å². The molecule has 0 atom stereocenters. The van der Waals surface area contributed by atoms with Crippen LogP contribution in [0.2, 0.25) is 0 Å². The van der Waals surface area contributed by atoms with E-state index in [2.05, 4.69) is 11.8 Å². The van der Waals surface area contributed by atoms with Crippen molar-refractivity contribution in [1.29, 1.82) is 5.41 Å². The lowest BCUT2D eigenvalue weighted by Crippen LogP contribution is -2.10. The molecule has 1 aromatic rings. The van der Waals surface area contributed by atoms with Crippen LogP contribution in [0.25, 0.3) is 0 Å². The van der Waals surface area contributed by atoms with Crippen LogP contribution in [-0.2, 0) is 0 Å². The highest BCUT2D eigenvalue weighted by atomic mass is 14.7. The average molecular weight is 187 g/mol. The van der Waals surface area contributed by atoms with Gasteiger partial charge >= 0.3 is 0 Å². The van der Waals surface area contributed by atoms with Crippen LogP contribution < -0.4 is 11.5 Å². The third kappa shape index (κ3) is 2.92. The molecule has 0 saturated heterocycles. The van der Waals surface area contributed by atoms with Crippen LogP contribution in [0.1, 0.15) is 17.5 Å². The molecule has 14 heavy (non-hydrogen) atoms. The minimum absolute atomic E-state index is 0.0754. The predicted octanol–water partition coefficient (Wildman–Crippen LogP) is 0.671. The van der Waals surface area contributed by atoms with E-state index in [-0.39, 0.29) is 5.84 Å². The predicted molar refractivity (Wildman–Crippen MR) is 58.0 cm³/mol. The minimum atomic E-state index is 0.0754. The lowest BCUT2D eigenvalue weighted by Gasteiger charge is -1.96. The van der Waals surface area contributed by atoms with Crippen molar-refractivity contribution in [1.82, 2.24) is 0 Å². The lowest BCUT2D eigenvalue weighted by molar-refractivity contribution is 1.03. The molecule has 72 valence electrons. The number of nitrogens with two attached hydrogens (primary N) is 2. The molecule has 0 amide bonds. The summed E-state index contributed by atoms with van der Waals surface area (Å²) in [6.07, 6.45) is 0.703. The van der Waals surface area contributed by atoms with Gasteiger partial charge in [0.2, 0.25) is 0 Å². The first-order valence-corrected chi connectivity index (χ1v) is 4.37. The monoisotopic (exact) mass is 187 g/mol. The zero-order chi connectivity index (χ0) is 10.4. The normalized spacial score (nSPS) is 8.93. The van der Waals surface area contributed by atoms with Gasteiger partial charge in [-0.3, -0.25) is 5.41 Å². The molecule has 3 heteroatoms. The Hall–Kier alpha value is -1.79. The van der Waals surface area contributed by atoms with E-state index in [4.69, 9.17) is 16.9 Å². The van der Waals surface area contributed by atoms with Crippen LogP contribution in [0.4, 0.5) is 0 Å². The summed E-state index contributed by atoms with van der Waals surface area (Å²) in [6.45, 7) is 0.582. The van der Waals surface area contributed by atoms with E-state index in [1.54, 1.807) is 12.1 Å². The summed E-state index contributed by atoms with van der Waals surface area (Å²) in [7, 11) is 0. The van der Waals surface area contributed by atoms with Crippen LogP contribution in [0.15, 0.2) is 24.3 Å². The van der Waals surface area contributed by atoms with Crippen LogP contribution in [0.5, 0.6) is 0 Å². The Labute approximate surface area is 83.6 Å². The summed E-state index contributed by atoms with van der Waals surface area (Å²) in [4.78, 5) is 0. The SMILES string of the molecule is N=C(N)c1ccc(C#CCCN)cc1. The largest absolute Gasteiger partial charge is 0.384 e. The standard InChI is InChI=1S/C11H13N3/c12-8-2-1-3-9-4-6-10(7-5-9)11(13)14/h4-7H,2,8,12H2,(H3,13,14). The van der Waals surface area contributed by atoms with Gasteiger partial charge in [0.1, 0.15) is 5.84 Å². The molecular weight excluding hydrogens is 174 g/mol. The number of nitrogen functional groups attached to an aromatic ring is 1. The zero-order valence-corrected chi connectivity index (χ0v) is 7.88. The molecular formula is C11H13N3. The molecule has 0 bridgehead atoms. The molecule has 0 aliphatic carbocycles. The summed E-state index contributed by atoms with van der Waals surface area (Å²) < 4.78 is 0. The van der Waals surface area contributed by atoms with E-state index in [0.29, 0.717) is 13.0 Å². The fraction of sp³-hybridized carbons (Fsp3) is 0.182. The van der Waals surface area contributed by atoms with Crippen molar-refractivity contribution in [2.24, 2.45) is 11.5 Å². The molecule has 0 aliphatic rings. The lowest BCUT2D eigenvalue weighted by atomic mass is 10.1. The molecule has 0 unspecified atom stereocenters. The zero-order valence-electron chi connectivity index (χ0n) is 7.88. The highest BCUT2D eigenvalue weighted by molar-refractivity contribution is 5.94. The maximum Gasteiger partial charge on any atom is 0.122 e. The van der Waals surface area contributed by atoms with Gasteiger partial charge in [-0.1, -0.05) is 24.0 Å². The number of hydrogen-bond acceptors (Lipinski definition) is 2. The summed E-state index contributed by atoms with van der Waals surface area (Å²) in [5, 5.41) is 7.20. The molecule has 0 heterocycles. The second-order valence-electron chi connectivity index (χ2n) is 2.83. The van der Waals surface area contributed by atoms with Crippen molar-refractivity contribution in [3.63, 3.8) is 0 Å². The van der Waals surface area contributed by atoms with Crippen molar-refractivity contribution in [3.05, 3.63) is 35.4 Å². The summed E-state index contributed by atoms with van der Waals surface area (Å²) in [6, 6.07) is 7.27. The smallest absolute Gasteiger partial charge is 0.122 e. The van der Waals surface area contributed by atoms with Crippen molar-refractivity contribution < 1.29 is 0 Å². The molecule has 5 N–H and O–H groups in total. The van der Waals surface area contributed by atoms with Crippen molar-refractivity contribution in [3.8, 4) is 11.8 Å². The number of hydrogen-bond donors (Lipinski definition) is 3. The Morgan fingerprint density at radius 1 is 1.29 bits per heavy atom. The third-order valence-electron chi connectivity index (χ3n) is 1.70. The van der Waals surface area contributed by atoms with Crippen LogP contribution >= 0.6 is 0 Å². The number of rotatable bonds is 2. The Kier molecular flexibility index (Phi) is 3.71. The molecule has 0 aliphatic heterocycles. The van der Waals surface area contributed by atoms with E-state index in [1.165, 1.54) is 0 Å². The molecule has 1 rings (SSSR count). The number of amidine groups is 1. The van der Waals surface area contributed by atoms with Crippen molar-refractivity contribution >= 4 is 5.84 Å². The Morgan fingerprint density at radius 3 is 2.43 bits per heavy atom. The quantitative estimate of drug-likeness (QED) is 0.361. The van der Waals surface area contributed by atoms with E-state index < -0.39 is 0 Å². The van der Waals surface area contributed by atoms with Crippen molar-refractivity contribution in [2.45, 2.75) is 6.42 Å². The fourth-order valence-electron chi connectivity index (χ4n) is 0.970. The minimum Gasteiger partial charge on any atom is -0.384 e. The molecule has 1 aromatic carbocycles. The molecule has 0 aromatic heterocycles. The topological polar surface area (TPSA) is 75.9 Å². The van der Waals surface area contributed by atoms with E-state index >= 15 is 0 Å². The molecule has 3 nitrogen and oxygen atoms in total. The summed E-state index contributed by atoms with van der Waals surface area (Å²) in [5.41, 5.74) is 12.3. The second kappa shape index (κ2) is 5.05. The van der Waals surface area contributed by atoms with Gasteiger partial charge in [-0.15, -0.1) is 0 Å². The van der Waals surface area contributed by atoms with E-state index in [1.807, 2.05) is 12.1 Å². The maximum absolute atomic E-state index is 7.20. The Morgan fingerprint density at radius 2 is 1.93 bits per heavy atom. The summed E-state index contributed by atoms with van der Waals surface area (Å²) in [5.74, 6) is 5.99. The van der Waals surface area contributed by atoms with Gasteiger partial charge in [-0.25, -0.2) is 0 Å². The van der Waals surface area contributed by atoms with E-state index in [0.717, 1.165) is 11.1 Å². The first-order chi connectivity index (χ1) is 6.74. The highest BCUT2D eigenvalue weighted by Crippen LogP contribution is 2.01. The van der Waals surface area contributed by atoms with Crippen LogP contribution in [0, 0.1) is 17.3 Å². The second-order valence-corrected chi connectivity index (χ2v) is 2.83. The highest BCUT2D eigenvalue weighted by Gasteiger charge is 1.93. The molecule has 0 radical (unpaired) electrons. The van der Waals surface area contributed by atoms with E-state index in [9.17, 15) is 0 Å².